The highest BCUT2D eigenvalue weighted by molar-refractivity contribution is 7.17. The number of carbonyl (C=O) groups is 1. The van der Waals surface area contributed by atoms with E-state index in [2.05, 4.69) is 31.0 Å². The third-order valence-corrected chi connectivity index (χ3v) is 5.05. The number of rotatable bonds is 5. The van der Waals surface area contributed by atoms with E-state index in [1.807, 2.05) is 11.4 Å². The zero-order valence-electron chi connectivity index (χ0n) is 13.6. The quantitative estimate of drug-likeness (QED) is 0.769. The Hall–Kier alpha value is -2.47. The van der Waals surface area contributed by atoms with Crippen molar-refractivity contribution in [3.8, 4) is 11.1 Å². The number of benzene rings is 1. The summed E-state index contributed by atoms with van der Waals surface area (Å²) in [6.45, 7) is 4.47. The zero-order valence-corrected chi connectivity index (χ0v) is 14.4. The largest absolute Gasteiger partial charge is 0.481 e. The van der Waals surface area contributed by atoms with Crippen molar-refractivity contribution in [3.63, 3.8) is 0 Å². The molecule has 0 radical (unpaired) electrons. The molecule has 0 aliphatic heterocycles. The fourth-order valence-corrected chi connectivity index (χ4v) is 3.56. The van der Waals surface area contributed by atoms with E-state index >= 15 is 0 Å². The van der Waals surface area contributed by atoms with Crippen LogP contribution in [0.2, 0.25) is 0 Å². The van der Waals surface area contributed by atoms with Crippen molar-refractivity contribution in [1.29, 1.82) is 0 Å². The molecule has 1 N–H and O–H groups in total. The fourth-order valence-electron chi connectivity index (χ4n) is 2.65. The number of aliphatic carboxylic acids is 1. The van der Waals surface area contributed by atoms with Gasteiger partial charge in [0.05, 0.1) is 11.7 Å². The number of aryl methyl sites for hydroxylation is 3. The Morgan fingerprint density at radius 1 is 1.29 bits per heavy atom. The lowest BCUT2D eigenvalue weighted by atomic mass is 10.0. The van der Waals surface area contributed by atoms with Crippen LogP contribution in [0.25, 0.3) is 21.3 Å². The van der Waals surface area contributed by atoms with E-state index in [-0.39, 0.29) is 12.0 Å². The summed E-state index contributed by atoms with van der Waals surface area (Å²) in [4.78, 5) is 28.5. The summed E-state index contributed by atoms with van der Waals surface area (Å²) in [5.74, 6) is -0.858. The Morgan fingerprint density at radius 3 is 2.79 bits per heavy atom. The molecular formula is C18H18N2O3S. The summed E-state index contributed by atoms with van der Waals surface area (Å²) in [5, 5.41) is 11.3. The topological polar surface area (TPSA) is 72.2 Å². The normalized spacial score (nSPS) is 11.1. The lowest BCUT2D eigenvalue weighted by Gasteiger charge is -2.07. The van der Waals surface area contributed by atoms with Gasteiger partial charge in [-0.05, 0) is 37.0 Å². The molecule has 2 aromatic heterocycles. The molecule has 0 saturated heterocycles. The third kappa shape index (κ3) is 3.10. The van der Waals surface area contributed by atoms with Crippen LogP contribution in [-0.2, 0) is 11.3 Å². The highest BCUT2D eigenvalue weighted by atomic mass is 32.1. The van der Waals surface area contributed by atoms with Gasteiger partial charge in [0.15, 0.2) is 0 Å². The summed E-state index contributed by atoms with van der Waals surface area (Å²) in [5.41, 5.74) is 4.18. The van der Waals surface area contributed by atoms with Crippen molar-refractivity contribution in [1.82, 2.24) is 9.55 Å². The Kier molecular flexibility index (Phi) is 4.49. The first kappa shape index (κ1) is 16.4. The highest BCUT2D eigenvalue weighted by Gasteiger charge is 2.14. The summed E-state index contributed by atoms with van der Waals surface area (Å²) in [6.07, 6.45) is 1.96. The lowest BCUT2D eigenvalue weighted by molar-refractivity contribution is -0.137. The van der Waals surface area contributed by atoms with Gasteiger partial charge in [-0.1, -0.05) is 18.2 Å². The van der Waals surface area contributed by atoms with Crippen molar-refractivity contribution < 1.29 is 9.90 Å². The van der Waals surface area contributed by atoms with Gasteiger partial charge in [-0.2, -0.15) is 0 Å². The molecule has 6 heteroatoms. The van der Waals surface area contributed by atoms with Crippen molar-refractivity contribution in [2.45, 2.75) is 33.2 Å². The standard InChI is InChI=1S/C18H18N2O3S/c1-11-5-6-13(8-12(11)2)14-9-24-17-16(14)18(23)20(10-19-17)7-3-4-15(21)22/h5-6,8-10H,3-4,7H2,1-2H3,(H,21,22). The SMILES string of the molecule is Cc1ccc(-c2csc3ncn(CCCC(=O)O)c(=O)c23)cc1C. The predicted molar refractivity (Wildman–Crippen MR) is 95.7 cm³/mol. The van der Waals surface area contributed by atoms with Gasteiger partial charge in [-0.15, -0.1) is 11.3 Å². The van der Waals surface area contributed by atoms with Crippen LogP contribution in [-0.4, -0.2) is 20.6 Å². The first-order valence-corrected chi connectivity index (χ1v) is 8.61. The second-order valence-corrected chi connectivity index (χ2v) is 6.73. The number of thiophene rings is 1. The first-order chi connectivity index (χ1) is 11.5. The molecule has 24 heavy (non-hydrogen) atoms. The smallest absolute Gasteiger partial charge is 0.303 e. The first-order valence-electron chi connectivity index (χ1n) is 7.73. The number of fused-ring (bicyclic) bond motifs is 1. The molecule has 3 rings (SSSR count). The van der Waals surface area contributed by atoms with Crippen molar-refractivity contribution in [2.24, 2.45) is 0 Å². The predicted octanol–water partition coefficient (Wildman–Crippen LogP) is 3.61. The Balaban J connectivity index is 2.05. The minimum absolute atomic E-state index is 0.0398. The van der Waals surface area contributed by atoms with Crippen molar-refractivity contribution in [2.75, 3.05) is 0 Å². The van der Waals surface area contributed by atoms with Crippen molar-refractivity contribution in [3.05, 3.63) is 51.4 Å². The molecular weight excluding hydrogens is 324 g/mol. The van der Waals surface area contributed by atoms with E-state index in [0.717, 1.165) is 11.1 Å². The van der Waals surface area contributed by atoms with E-state index in [1.54, 1.807) is 0 Å². The van der Waals surface area contributed by atoms with Gasteiger partial charge in [0, 0.05) is 23.9 Å². The second-order valence-electron chi connectivity index (χ2n) is 5.87. The summed E-state index contributed by atoms with van der Waals surface area (Å²) in [6, 6.07) is 6.15. The molecule has 0 aliphatic carbocycles. The van der Waals surface area contributed by atoms with E-state index in [0.29, 0.717) is 23.2 Å². The Labute approximate surface area is 143 Å². The van der Waals surface area contributed by atoms with Gasteiger partial charge in [0.2, 0.25) is 0 Å². The number of hydrogen-bond donors (Lipinski definition) is 1. The maximum Gasteiger partial charge on any atom is 0.303 e. The fraction of sp³-hybridized carbons (Fsp3) is 0.278. The van der Waals surface area contributed by atoms with Crippen LogP contribution in [0.4, 0.5) is 0 Å². The Bertz CT molecular complexity index is 972. The molecule has 1 aromatic carbocycles. The van der Waals surface area contributed by atoms with Crippen molar-refractivity contribution >= 4 is 27.5 Å². The molecule has 0 saturated carbocycles. The monoisotopic (exact) mass is 342 g/mol. The number of carboxylic acid groups (broad SMARTS) is 1. The zero-order chi connectivity index (χ0) is 17.3. The molecule has 2 heterocycles. The van der Waals surface area contributed by atoms with E-state index in [1.165, 1.54) is 33.4 Å². The number of aromatic nitrogens is 2. The van der Waals surface area contributed by atoms with Crippen LogP contribution in [0.15, 0.2) is 34.7 Å². The number of nitrogens with zero attached hydrogens (tertiary/aromatic N) is 2. The van der Waals surface area contributed by atoms with Gasteiger partial charge in [0.1, 0.15) is 4.83 Å². The van der Waals surface area contributed by atoms with E-state index in [9.17, 15) is 9.59 Å². The van der Waals surface area contributed by atoms with Gasteiger partial charge in [-0.25, -0.2) is 4.98 Å². The van der Waals surface area contributed by atoms with Crippen LogP contribution in [0.3, 0.4) is 0 Å². The summed E-state index contributed by atoms with van der Waals surface area (Å²) in [7, 11) is 0. The van der Waals surface area contributed by atoms with Crippen LogP contribution >= 0.6 is 11.3 Å². The average Bonchev–Trinajstić information content (AvgIpc) is 2.97. The van der Waals surface area contributed by atoms with Gasteiger partial charge < -0.3 is 5.11 Å². The van der Waals surface area contributed by atoms with Gasteiger partial charge in [0.25, 0.3) is 5.56 Å². The number of hydrogen-bond acceptors (Lipinski definition) is 4. The summed E-state index contributed by atoms with van der Waals surface area (Å²) >= 11 is 1.45. The van der Waals surface area contributed by atoms with Crippen LogP contribution in [0.5, 0.6) is 0 Å². The minimum Gasteiger partial charge on any atom is -0.481 e. The minimum atomic E-state index is -0.858. The molecule has 124 valence electrons. The maximum absolute atomic E-state index is 12.8. The van der Waals surface area contributed by atoms with Crippen LogP contribution < -0.4 is 5.56 Å². The lowest BCUT2D eigenvalue weighted by Crippen LogP contribution is -2.20. The van der Waals surface area contributed by atoms with E-state index < -0.39 is 5.97 Å². The van der Waals surface area contributed by atoms with Gasteiger partial charge in [-0.3, -0.25) is 14.2 Å². The third-order valence-electron chi connectivity index (χ3n) is 4.17. The molecule has 0 aliphatic rings. The molecule has 0 spiro atoms. The molecule has 0 amide bonds. The maximum atomic E-state index is 12.8. The van der Waals surface area contributed by atoms with Crippen LogP contribution in [0, 0.1) is 13.8 Å². The number of carboxylic acids is 1. The highest BCUT2D eigenvalue weighted by Crippen LogP contribution is 2.31. The Morgan fingerprint density at radius 2 is 2.08 bits per heavy atom. The van der Waals surface area contributed by atoms with Gasteiger partial charge >= 0.3 is 5.97 Å². The molecule has 0 fully saturated rings. The molecule has 0 unspecified atom stereocenters. The molecule has 3 aromatic rings. The summed E-state index contributed by atoms with van der Waals surface area (Å²) < 4.78 is 1.50. The molecule has 5 nitrogen and oxygen atoms in total. The van der Waals surface area contributed by atoms with Crippen LogP contribution in [0.1, 0.15) is 24.0 Å². The molecule has 0 atom stereocenters. The average molecular weight is 342 g/mol. The van der Waals surface area contributed by atoms with E-state index in [4.69, 9.17) is 5.11 Å². The second kappa shape index (κ2) is 6.57. The molecule has 0 bridgehead atoms.